The number of likely N-dealkylation sites (N-methyl/N-ethyl adjacent to an activating group) is 1. The maximum Gasteiger partial charge on any atom is 0.253 e. The molecule has 0 aromatic heterocycles. The predicted octanol–water partition coefficient (Wildman–Crippen LogP) is 2.87. The molecule has 2 bridgehead atoms. The Morgan fingerprint density at radius 3 is 2.82 bits per heavy atom. The number of amides is 1. The van der Waals surface area contributed by atoms with E-state index in [4.69, 9.17) is 4.74 Å². The number of likely N-dealkylation sites (tertiary alicyclic amines) is 1. The van der Waals surface area contributed by atoms with E-state index in [1.165, 1.54) is 0 Å². The predicted molar refractivity (Wildman–Crippen MR) is 125 cm³/mol. The molecule has 2 aromatic rings. The third-order valence-corrected chi connectivity index (χ3v) is 8.74. The number of hydrogen-bond donors (Lipinski definition) is 2. The zero-order valence-electron chi connectivity index (χ0n) is 18.9. The number of hydrogen-bond acceptors (Lipinski definition) is 5. The molecule has 1 saturated heterocycles. The smallest absolute Gasteiger partial charge is 0.253 e. The van der Waals surface area contributed by atoms with Gasteiger partial charge in [0.05, 0.1) is 17.1 Å². The van der Waals surface area contributed by atoms with Crippen LogP contribution in [0, 0.1) is 0 Å². The van der Waals surface area contributed by atoms with Crippen LogP contribution >= 0.6 is 0 Å². The maximum absolute atomic E-state index is 13.4. The molecule has 172 valence electrons. The molecular weight excluding hydrogens is 416 g/mol. The second-order valence-electron chi connectivity index (χ2n) is 10.0. The van der Waals surface area contributed by atoms with Crippen molar-refractivity contribution in [2.45, 2.75) is 54.9 Å². The summed E-state index contributed by atoms with van der Waals surface area (Å²) in [5.74, 6) is 0.560. The molecule has 2 aromatic carbocycles. The van der Waals surface area contributed by atoms with Gasteiger partial charge in [0.2, 0.25) is 0 Å². The lowest BCUT2D eigenvalue weighted by Crippen LogP contribution is -2.78. The van der Waals surface area contributed by atoms with Crippen LogP contribution in [0.5, 0.6) is 11.5 Å². The van der Waals surface area contributed by atoms with Crippen LogP contribution in [0.1, 0.15) is 40.7 Å². The van der Waals surface area contributed by atoms with Gasteiger partial charge in [0.25, 0.3) is 5.91 Å². The summed E-state index contributed by atoms with van der Waals surface area (Å²) in [7, 11) is 1.83. The van der Waals surface area contributed by atoms with Gasteiger partial charge in [-0.2, -0.15) is 0 Å². The van der Waals surface area contributed by atoms with Gasteiger partial charge in [-0.05, 0) is 56.0 Å². The average Bonchev–Trinajstić information content (AvgIpc) is 3.18. The largest absolute Gasteiger partial charge is 0.504 e. The molecule has 2 fully saturated rings. The molecule has 2 aliphatic heterocycles. The number of ether oxygens (including phenoxy) is 1. The number of phenols is 1. The Morgan fingerprint density at radius 1 is 1.27 bits per heavy atom. The molecule has 1 spiro atoms. The Hall–Kier alpha value is -2.83. The van der Waals surface area contributed by atoms with Crippen LogP contribution in [0.15, 0.2) is 55.1 Å². The lowest BCUT2D eigenvalue weighted by atomic mass is 9.48. The fourth-order valence-electron chi connectivity index (χ4n) is 7.32. The minimum absolute atomic E-state index is 0.0468. The first-order valence-electron chi connectivity index (χ1n) is 11.8. The summed E-state index contributed by atoms with van der Waals surface area (Å²) in [5, 5.41) is 23.1. The van der Waals surface area contributed by atoms with Crippen LogP contribution in [-0.4, -0.2) is 69.8 Å². The molecule has 1 amide bonds. The summed E-state index contributed by atoms with van der Waals surface area (Å²) in [6, 6.07) is 12.7. The van der Waals surface area contributed by atoms with E-state index in [1.807, 2.05) is 49.5 Å². The first kappa shape index (κ1) is 20.8. The van der Waals surface area contributed by atoms with Crippen LogP contribution in [-0.2, 0) is 11.8 Å². The molecule has 2 N–H and O–H groups in total. The van der Waals surface area contributed by atoms with Crippen molar-refractivity contribution in [2.75, 3.05) is 20.1 Å². The fourth-order valence-corrected chi connectivity index (χ4v) is 7.32. The molecule has 0 unspecified atom stereocenters. The van der Waals surface area contributed by atoms with E-state index < -0.39 is 17.1 Å². The Bertz CT molecular complexity index is 1130. The molecule has 4 aliphatic rings. The second kappa shape index (κ2) is 7.08. The molecule has 33 heavy (non-hydrogen) atoms. The van der Waals surface area contributed by atoms with E-state index in [0.717, 1.165) is 24.2 Å². The van der Waals surface area contributed by atoms with Crippen molar-refractivity contribution in [2.24, 2.45) is 0 Å². The monoisotopic (exact) mass is 446 g/mol. The number of benzene rings is 2. The van der Waals surface area contributed by atoms with E-state index in [0.29, 0.717) is 37.0 Å². The van der Waals surface area contributed by atoms with E-state index in [-0.39, 0.29) is 23.7 Å². The Morgan fingerprint density at radius 2 is 2.06 bits per heavy atom. The number of aromatic hydroxyl groups is 1. The van der Waals surface area contributed by atoms with Gasteiger partial charge in [0, 0.05) is 30.8 Å². The molecule has 6 nitrogen and oxygen atoms in total. The van der Waals surface area contributed by atoms with Crippen LogP contribution in [0.25, 0.3) is 0 Å². The van der Waals surface area contributed by atoms with E-state index in [9.17, 15) is 15.0 Å². The van der Waals surface area contributed by atoms with Crippen LogP contribution in [0.3, 0.4) is 0 Å². The lowest BCUT2D eigenvalue weighted by Gasteiger charge is -2.64. The normalized spacial score (nSPS) is 33.7. The lowest BCUT2D eigenvalue weighted by molar-refractivity contribution is -0.195. The maximum atomic E-state index is 13.4. The highest BCUT2D eigenvalue weighted by atomic mass is 16.5. The van der Waals surface area contributed by atoms with Gasteiger partial charge < -0.3 is 19.8 Å². The summed E-state index contributed by atoms with van der Waals surface area (Å²) < 4.78 is 6.55. The van der Waals surface area contributed by atoms with Crippen molar-refractivity contribution in [3.63, 3.8) is 0 Å². The minimum Gasteiger partial charge on any atom is -0.504 e. The van der Waals surface area contributed by atoms with Crippen molar-refractivity contribution < 1.29 is 19.7 Å². The van der Waals surface area contributed by atoms with Crippen molar-refractivity contribution in [1.82, 2.24) is 9.80 Å². The third kappa shape index (κ3) is 2.53. The van der Waals surface area contributed by atoms with Crippen molar-refractivity contribution in [3.8, 4) is 11.5 Å². The molecule has 6 rings (SSSR count). The van der Waals surface area contributed by atoms with E-state index >= 15 is 0 Å². The van der Waals surface area contributed by atoms with E-state index in [2.05, 4.69) is 11.5 Å². The summed E-state index contributed by atoms with van der Waals surface area (Å²) in [6.45, 7) is 5.47. The number of rotatable bonds is 4. The summed E-state index contributed by atoms with van der Waals surface area (Å²) in [5.41, 5.74) is 1.10. The molecular formula is C27H30N2O4. The van der Waals surface area contributed by atoms with Crippen LogP contribution in [0.4, 0.5) is 0 Å². The highest BCUT2D eigenvalue weighted by molar-refractivity contribution is 5.94. The Labute approximate surface area is 194 Å². The molecule has 6 heteroatoms. The van der Waals surface area contributed by atoms with Gasteiger partial charge >= 0.3 is 0 Å². The highest BCUT2D eigenvalue weighted by Gasteiger charge is 2.73. The van der Waals surface area contributed by atoms with Gasteiger partial charge in [0.1, 0.15) is 6.10 Å². The van der Waals surface area contributed by atoms with Gasteiger partial charge in [-0.25, -0.2) is 0 Å². The highest BCUT2D eigenvalue weighted by Crippen LogP contribution is 2.65. The van der Waals surface area contributed by atoms with Gasteiger partial charge in [-0.1, -0.05) is 30.3 Å². The zero-order chi connectivity index (χ0) is 23.0. The summed E-state index contributed by atoms with van der Waals surface area (Å²) >= 11 is 0. The van der Waals surface area contributed by atoms with Gasteiger partial charge in [-0.3, -0.25) is 9.69 Å². The molecule has 2 heterocycles. The number of phenolic OH excluding ortho intramolecular Hbond substituents is 1. The zero-order valence-corrected chi connectivity index (χ0v) is 18.9. The number of piperidine rings is 1. The molecule has 2 aliphatic carbocycles. The first-order valence-corrected chi connectivity index (χ1v) is 11.8. The van der Waals surface area contributed by atoms with Crippen LogP contribution < -0.4 is 4.74 Å². The number of aliphatic hydroxyl groups is 1. The standard InChI is InChI=1S/C27H30N2O4/c1-3-14-29-15-13-26-22-18-9-10-20(30)23(22)33-24(26)19(11-12-27(26,32)21(29)16-18)28(2)25(31)17-7-5-4-6-8-17/h3-10,19,21,24,30,32H,1,11-16H2,2H3/t19-,21+,24-,26-,27+/m0/s1. The minimum atomic E-state index is -0.988. The first-order chi connectivity index (χ1) is 15.9. The molecule has 0 radical (unpaired) electrons. The van der Waals surface area contributed by atoms with Gasteiger partial charge in [-0.15, -0.1) is 6.58 Å². The van der Waals surface area contributed by atoms with Gasteiger partial charge in [0.15, 0.2) is 11.5 Å². The SMILES string of the molecule is C=CCN1CC[C@]23c4c5ccc(O)c4O[C@H]2[C@@H](N(C)C(=O)c2ccccc2)CC[C@@]3(O)[C@H]1C5. The fraction of sp³-hybridized carbons (Fsp3) is 0.444. The molecule has 5 atom stereocenters. The van der Waals surface area contributed by atoms with E-state index in [1.54, 1.807) is 11.0 Å². The van der Waals surface area contributed by atoms with Crippen molar-refractivity contribution in [1.29, 1.82) is 0 Å². The second-order valence-corrected chi connectivity index (χ2v) is 10.0. The number of nitrogens with zero attached hydrogens (tertiary/aromatic N) is 2. The Kier molecular flexibility index (Phi) is 4.45. The summed E-state index contributed by atoms with van der Waals surface area (Å²) in [6.07, 6.45) is 4.14. The average molecular weight is 447 g/mol. The Balaban J connectivity index is 1.47. The topological polar surface area (TPSA) is 73.2 Å². The van der Waals surface area contributed by atoms with Crippen LogP contribution in [0.2, 0.25) is 0 Å². The van der Waals surface area contributed by atoms with Crippen molar-refractivity contribution in [3.05, 3.63) is 71.8 Å². The number of carbonyl (C=O) groups excluding carboxylic acids is 1. The quantitative estimate of drug-likeness (QED) is 0.707. The third-order valence-electron chi connectivity index (χ3n) is 8.74. The number of carbonyl (C=O) groups is 1. The summed E-state index contributed by atoms with van der Waals surface area (Å²) in [4.78, 5) is 17.5. The van der Waals surface area contributed by atoms with Crippen molar-refractivity contribution >= 4 is 5.91 Å². The molecule has 1 saturated carbocycles.